The standard InChI is InChI=1S/C26H30FN7OS2/c27-20-7-5-19(6-8-20)26(9-2-1-3-10-26)18-30-24(36)33-23-31-21(34-13-15-35-16-14-34)17-22(32-23)37-25-28-11-4-12-29-25/h4-8,11-12,17H,1-3,9-10,13-16,18H2,(H2,30,31,32,33,36). The summed E-state index contributed by atoms with van der Waals surface area (Å²) in [6.07, 6.45) is 9.00. The number of thiocarbonyl (C=S) groups is 1. The van der Waals surface area contributed by atoms with Gasteiger partial charge in [-0.2, -0.15) is 4.98 Å². The molecule has 0 atom stereocenters. The fourth-order valence-corrected chi connectivity index (χ4v) is 5.78. The molecule has 1 saturated carbocycles. The Labute approximate surface area is 225 Å². The molecule has 3 heterocycles. The highest BCUT2D eigenvalue weighted by molar-refractivity contribution is 7.99. The lowest BCUT2D eigenvalue weighted by molar-refractivity contribution is 0.122. The van der Waals surface area contributed by atoms with Crippen molar-refractivity contribution >= 4 is 40.9 Å². The second-order valence-electron chi connectivity index (χ2n) is 9.28. The SMILES string of the molecule is Fc1ccc(C2(CNC(=S)Nc3nc(Sc4ncccn4)cc(N4CCOCC4)n3)CCCCC2)cc1. The number of nitrogens with zero attached hydrogens (tertiary/aromatic N) is 5. The molecule has 37 heavy (non-hydrogen) atoms. The topological polar surface area (TPSA) is 88.1 Å². The second-order valence-corrected chi connectivity index (χ2v) is 10.7. The summed E-state index contributed by atoms with van der Waals surface area (Å²) < 4.78 is 19.1. The molecule has 0 spiro atoms. The third-order valence-corrected chi connectivity index (χ3v) is 7.90. The molecular weight excluding hydrogens is 509 g/mol. The number of morpholine rings is 1. The third kappa shape index (κ3) is 6.71. The number of hydrogen-bond acceptors (Lipinski definition) is 8. The van der Waals surface area contributed by atoms with Crippen molar-refractivity contribution < 1.29 is 9.13 Å². The van der Waals surface area contributed by atoms with Crippen LogP contribution in [0.4, 0.5) is 16.2 Å². The molecule has 8 nitrogen and oxygen atoms in total. The first-order chi connectivity index (χ1) is 18.1. The zero-order chi connectivity index (χ0) is 25.5. The van der Waals surface area contributed by atoms with E-state index in [9.17, 15) is 4.39 Å². The van der Waals surface area contributed by atoms with Crippen molar-refractivity contribution in [2.45, 2.75) is 47.7 Å². The van der Waals surface area contributed by atoms with E-state index in [-0.39, 0.29) is 11.2 Å². The quantitative estimate of drug-likeness (QED) is 0.253. The summed E-state index contributed by atoms with van der Waals surface area (Å²) in [5.74, 6) is 1.00. The Morgan fingerprint density at radius 2 is 1.78 bits per heavy atom. The molecule has 5 rings (SSSR count). The molecule has 0 bridgehead atoms. The van der Waals surface area contributed by atoms with Crippen molar-refractivity contribution in [2.75, 3.05) is 43.1 Å². The van der Waals surface area contributed by atoms with E-state index in [1.165, 1.54) is 18.2 Å². The van der Waals surface area contributed by atoms with Gasteiger partial charge in [-0.05, 0) is 60.6 Å². The Kier molecular flexibility index (Phi) is 8.42. The maximum atomic E-state index is 13.6. The highest BCUT2D eigenvalue weighted by atomic mass is 32.2. The van der Waals surface area contributed by atoms with Crippen molar-refractivity contribution in [2.24, 2.45) is 0 Å². The molecule has 11 heteroatoms. The zero-order valence-corrected chi connectivity index (χ0v) is 22.2. The Bertz CT molecular complexity index is 1190. The predicted molar refractivity (Wildman–Crippen MR) is 147 cm³/mol. The van der Waals surface area contributed by atoms with Crippen LogP contribution >= 0.6 is 24.0 Å². The fourth-order valence-electron chi connectivity index (χ4n) is 4.90. The molecule has 1 aliphatic heterocycles. The van der Waals surface area contributed by atoms with Gasteiger partial charge in [0.05, 0.1) is 13.2 Å². The molecule has 194 valence electrons. The average molecular weight is 540 g/mol. The van der Waals surface area contributed by atoms with Crippen LogP contribution in [0, 0.1) is 5.82 Å². The molecule has 0 radical (unpaired) electrons. The number of hydrogen-bond donors (Lipinski definition) is 2. The number of nitrogens with one attached hydrogen (secondary N) is 2. The Morgan fingerprint density at radius 1 is 1.05 bits per heavy atom. The van der Waals surface area contributed by atoms with Gasteiger partial charge in [0.2, 0.25) is 5.95 Å². The first kappa shape index (κ1) is 25.7. The number of aromatic nitrogens is 4. The summed E-state index contributed by atoms with van der Waals surface area (Å²) in [5.41, 5.74) is 1.07. The molecule has 2 aliphatic rings. The second kappa shape index (κ2) is 12.1. The summed E-state index contributed by atoms with van der Waals surface area (Å²) in [5, 5.41) is 8.39. The van der Waals surface area contributed by atoms with Gasteiger partial charge in [-0.15, -0.1) is 0 Å². The minimum atomic E-state index is -0.216. The number of rotatable bonds is 7. The molecule has 0 unspecified atom stereocenters. The van der Waals surface area contributed by atoms with E-state index in [1.54, 1.807) is 30.6 Å². The van der Waals surface area contributed by atoms with Gasteiger partial charge in [0, 0.05) is 43.5 Å². The minimum Gasteiger partial charge on any atom is -0.378 e. The molecule has 1 aliphatic carbocycles. The molecular formula is C26H30FN7OS2. The lowest BCUT2D eigenvalue weighted by Gasteiger charge is -2.38. The molecule has 2 N–H and O–H groups in total. The van der Waals surface area contributed by atoms with Crippen LogP contribution in [0.2, 0.25) is 0 Å². The van der Waals surface area contributed by atoms with Crippen molar-refractivity contribution in [3.05, 3.63) is 60.2 Å². The summed E-state index contributed by atoms with van der Waals surface area (Å²) in [7, 11) is 0. The van der Waals surface area contributed by atoms with Gasteiger partial charge in [0.25, 0.3) is 0 Å². The van der Waals surface area contributed by atoms with Gasteiger partial charge >= 0.3 is 0 Å². The van der Waals surface area contributed by atoms with Crippen molar-refractivity contribution in [1.82, 2.24) is 25.3 Å². The fraction of sp³-hybridized carbons (Fsp3) is 0.423. The predicted octanol–water partition coefficient (Wildman–Crippen LogP) is 4.58. The van der Waals surface area contributed by atoms with Gasteiger partial charge in [0.1, 0.15) is 16.7 Å². The van der Waals surface area contributed by atoms with Crippen LogP contribution in [0.1, 0.15) is 37.7 Å². The average Bonchev–Trinajstić information content (AvgIpc) is 2.94. The first-order valence-corrected chi connectivity index (χ1v) is 13.8. The van der Waals surface area contributed by atoms with Crippen LogP contribution in [-0.4, -0.2) is 57.9 Å². The van der Waals surface area contributed by atoms with Crippen LogP contribution in [0.5, 0.6) is 0 Å². The monoisotopic (exact) mass is 539 g/mol. The van der Waals surface area contributed by atoms with Crippen molar-refractivity contribution in [3.8, 4) is 0 Å². The van der Waals surface area contributed by atoms with E-state index in [1.807, 2.05) is 18.2 Å². The van der Waals surface area contributed by atoms with Gasteiger partial charge < -0.3 is 20.3 Å². The van der Waals surface area contributed by atoms with E-state index >= 15 is 0 Å². The summed E-state index contributed by atoms with van der Waals surface area (Å²) in [6, 6.07) is 10.6. The van der Waals surface area contributed by atoms with Crippen molar-refractivity contribution in [3.63, 3.8) is 0 Å². The van der Waals surface area contributed by atoms with E-state index < -0.39 is 0 Å². The normalized spacial score (nSPS) is 17.3. The van der Waals surface area contributed by atoms with Gasteiger partial charge in [0.15, 0.2) is 10.3 Å². The molecule has 3 aromatic rings. The first-order valence-electron chi connectivity index (χ1n) is 12.6. The highest BCUT2D eigenvalue weighted by Crippen LogP contribution is 2.39. The highest BCUT2D eigenvalue weighted by Gasteiger charge is 2.34. The summed E-state index contributed by atoms with van der Waals surface area (Å²) >= 11 is 7.05. The van der Waals surface area contributed by atoms with E-state index in [0.29, 0.717) is 36.0 Å². The molecule has 1 aromatic carbocycles. The Balaban J connectivity index is 1.32. The molecule has 2 fully saturated rings. The van der Waals surface area contributed by atoms with Crippen LogP contribution in [0.3, 0.4) is 0 Å². The van der Waals surface area contributed by atoms with Crippen LogP contribution in [0.25, 0.3) is 0 Å². The molecule has 0 amide bonds. The number of anilines is 2. The van der Waals surface area contributed by atoms with Crippen molar-refractivity contribution in [1.29, 1.82) is 0 Å². The largest absolute Gasteiger partial charge is 0.378 e. The van der Waals surface area contributed by atoms with Crippen LogP contribution in [0.15, 0.2) is 59.0 Å². The number of benzene rings is 1. The summed E-state index contributed by atoms with van der Waals surface area (Å²) in [6.45, 7) is 3.48. The Morgan fingerprint density at radius 3 is 2.51 bits per heavy atom. The maximum absolute atomic E-state index is 13.6. The lowest BCUT2D eigenvalue weighted by Crippen LogP contribution is -2.43. The van der Waals surface area contributed by atoms with Crippen LogP contribution in [-0.2, 0) is 10.2 Å². The van der Waals surface area contributed by atoms with Gasteiger partial charge in [-0.1, -0.05) is 31.4 Å². The number of halogens is 1. The minimum absolute atomic E-state index is 0.0835. The van der Waals surface area contributed by atoms with Gasteiger partial charge in [-0.25, -0.2) is 19.3 Å². The lowest BCUT2D eigenvalue weighted by atomic mass is 9.69. The van der Waals surface area contributed by atoms with E-state index in [4.69, 9.17) is 21.9 Å². The Hall–Kier alpha value is -2.89. The number of ether oxygens (including phenoxy) is 1. The van der Waals surface area contributed by atoms with E-state index in [0.717, 1.165) is 55.2 Å². The zero-order valence-electron chi connectivity index (χ0n) is 20.5. The van der Waals surface area contributed by atoms with Gasteiger partial charge in [-0.3, -0.25) is 0 Å². The van der Waals surface area contributed by atoms with E-state index in [2.05, 4.69) is 30.5 Å². The van der Waals surface area contributed by atoms with Crippen LogP contribution < -0.4 is 15.5 Å². The molecule has 2 aromatic heterocycles. The smallest absolute Gasteiger partial charge is 0.232 e. The summed E-state index contributed by atoms with van der Waals surface area (Å²) in [4.78, 5) is 20.2. The molecule has 1 saturated heterocycles. The third-order valence-electron chi connectivity index (χ3n) is 6.84. The maximum Gasteiger partial charge on any atom is 0.232 e.